The van der Waals surface area contributed by atoms with Gasteiger partial charge in [-0.15, -0.1) is 23.1 Å². The highest BCUT2D eigenvalue weighted by Crippen LogP contribution is 2.27. The maximum Gasteiger partial charge on any atom is 0.272 e. The van der Waals surface area contributed by atoms with Crippen molar-refractivity contribution in [3.8, 4) is 17.0 Å². The van der Waals surface area contributed by atoms with Crippen LogP contribution < -0.4 is 20.7 Å². The molecule has 0 unspecified atom stereocenters. The zero-order valence-electron chi connectivity index (χ0n) is 23.7. The SMILES string of the molecule is COc1ccc(-c2csc(NC(=O)CSc3ccc(NC(=O)/C(=C/c4ccccc4)NC(=O)c4ccccc4)cc3)n2)cc1. The van der Waals surface area contributed by atoms with Gasteiger partial charge in [-0.2, -0.15) is 0 Å². The Bertz CT molecular complexity index is 1760. The first-order valence-electron chi connectivity index (χ1n) is 13.5. The van der Waals surface area contributed by atoms with Gasteiger partial charge in [0.1, 0.15) is 11.4 Å². The van der Waals surface area contributed by atoms with Crippen LogP contribution in [0.1, 0.15) is 15.9 Å². The average molecular weight is 621 g/mol. The summed E-state index contributed by atoms with van der Waals surface area (Å²) in [6.45, 7) is 0. The molecule has 5 rings (SSSR count). The number of hydrogen-bond acceptors (Lipinski definition) is 7. The lowest BCUT2D eigenvalue weighted by Gasteiger charge is -2.12. The van der Waals surface area contributed by atoms with Gasteiger partial charge in [0.25, 0.3) is 11.8 Å². The van der Waals surface area contributed by atoms with Crippen molar-refractivity contribution in [3.63, 3.8) is 0 Å². The smallest absolute Gasteiger partial charge is 0.272 e. The first kappa shape index (κ1) is 30.3. The number of methoxy groups -OCH3 is 1. The summed E-state index contributed by atoms with van der Waals surface area (Å²) in [7, 11) is 1.62. The average Bonchev–Trinajstić information content (AvgIpc) is 3.53. The zero-order valence-corrected chi connectivity index (χ0v) is 25.3. The number of ether oxygens (including phenoxy) is 1. The molecule has 3 amide bonds. The molecule has 0 aliphatic rings. The molecule has 1 heterocycles. The second-order valence-corrected chi connectivity index (χ2v) is 11.3. The van der Waals surface area contributed by atoms with E-state index in [1.807, 2.05) is 78.2 Å². The van der Waals surface area contributed by atoms with Crippen LogP contribution in [0.2, 0.25) is 0 Å². The van der Waals surface area contributed by atoms with E-state index in [1.54, 1.807) is 49.6 Å². The lowest BCUT2D eigenvalue weighted by molar-refractivity contribution is -0.114. The Kier molecular flexibility index (Phi) is 10.2. The minimum atomic E-state index is -0.463. The number of carbonyl (C=O) groups excluding carboxylic acids is 3. The Morgan fingerprint density at radius 1 is 0.841 bits per heavy atom. The fourth-order valence-electron chi connectivity index (χ4n) is 4.02. The highest BCUT2D eigenvalue weighted by Gasteiger charge is 2.15. The minimum Gasteiger partial charge on any atom is -0.497 e. The first-order chi connectivity index (χ1) is 21.5. The van der Waals surface area contributed by atoms with E-state index in [9.17, 15) is 14.4 Å². The van der Waals surface area contributed by atoms with Gasteiger partial charge in [-0.05, 0) is 72.3 Å². The predicted octanol–water partition coefficient (Wildman–Crippen LogP) is 6.96. The molecule has 8 nitrogen and oxygen atoms in total. The van der Waals surface area contributed by atoms with E-state index in [2.05, 4.69) is 20.9 Å². The first-order valence-corrected chi connectivity index (χ1v) is 15.4. The number of hydrogen-bond donors (Lipinski definition) is 3. The summed E-state index contributed by atoms with van der Waals surface area (Å²) < 4.78 is 5.19. The zero-order chi connectivity index (χ0) is 30.7. The Hall–Kier alpha value is -5.19. The van der Waals surface area contributed by atoms with E-state index >= 15 is 0 Å². The Balaban J connectivity index is 1.16. The third-order valence-electron chi connectivity index (χ3n) is 6.26. The maximum absolute atomic E-state index is 13.2. The van der Waals surface area contributed by atoms with Crippen LogP contribution in [0.3, 0.4) is 0 Å². The van der Waals surface area contributed by atoms with Crippen molar-refractivity contribution in [3.05, 3.63) is 131 Å². The van der Waals surface area contributed by atoms with Crippen molar-refractivity contribution >= 4 is 57.7 Å². The minimum absolute atomic E-state index is 0.109. The number of thiazole rings is 1. The molecule has 0 atom stereocenters. The lowest BCUT2D eigenvalue weighted by Crippen LogP contribution is -2.30. The topological polar surface area (TPSA) is 109 Å². The largest absolute Gasteiger partial charge is 0.497 e. The Labute approximate surface area is 263 Å². The van der Waals surface area contributed by atoms with Crippen LogP contribution in [0.5, 0.6) is 5.75 Å². The van der Waals surface area contributed by atoms with Crippen molar-refractivity contribution in [2.24, 2.45) is 0 Å². The molecule has 4 aromatic carbocycles. The number of anilines is 2. The predicted molar refractivity (Wildman–Crippen MR) is 177 cm³/mol. The summed E-state index contributed by atoms with van der Waals surface area (Å²) in [6.07, 6.45) is 1.63. The molecule has 0 radical (unpaired) electrons. The second kappa shape index (κ2) is 14.8. The second-order valence-electron chi connectivity index (χ2n) is 9.37. The Morgan fingerprint density at radius 3 is 2.20 bits per heavy atom. The van der Waals surface area contributed by atoms with Gasteiger partial charge in [-0.3, -0.25) is 14.4 Å². The molecule has 1 aromatic heterocycles. The number of thioether (sulfide) groups is 1. The van der Waals surface area contributed by atoms with Gasteiger partial charge in [0.15, 0.2) is 5.13 Å². The summed E-state index contributed by atoms with van der Waals surface area (Å²) in [5, 5.41) is 10.8. The normalized spacial score (nSPS) is 11.0. The molecule has 10 heteroatoms. The number of nitrogens with zero attached hydrogens (tertiary/aromatic N) is 1. The molecule has 0 aliphatic heterocycles. The van der Waals surface area contributed by atoms with Crippen molar-refractivity contribution in [2.75, 3.05) is 23.5 Å². The molecule has 0 bridgehead atoms. The summed E-state index contributed by atoms with van der Waals surface area (Å²) in [5.41, 5.74) is 3.58. The van der Waals surface area contributed by atoms with Gasteiger partial charge < -0.3 is 20.7 Å². The van der Waals surface area contributed by atoms with Crippen LogP contribution in [0, 0.1) is 0 Å². The quantitative estimate of drug-likeness (QED) is 0.109. The molecule has 0 aliphatic carbocycles. The van der Waals surface area contributed by atoms with Crippen molar-refractivity contribution < 1.29 is 19.1 Å². The fourth-order valence-corrected chi connectivity index (χ4v) is 5.46. The van der Waals surface area contributed by atoms with Crippen LogP contribution in [0.25, 0.3) is 17.3 Å². The monoisotopic (exact) mass is 620 g/mol. The van der Waals surface area contributed by atoms with Crippen LogP contribution in [-0.2, 0) is 9.59 Å². The van der Waals surface area contributed by atoms with Gasteiger partial charge in [0, 0.05) is 27.1 Å². The molecule has 44 heavy (non-hydrogen) atoms. The number of aromatic nitrogens is 1. The van der Waals surface area contributed by atoms with E-state index in [-0.39, 0.29) is 23.3 Å². The standard InChI is InChI=1S/C34H28N4O4S2/c1-42-27-16-12-24(13-17-27)30-21-44-34(37-30)38-31(39)22-43-28-18-14-26(15-19-28)35-33(41)29(20-23-8-4-2-5-9-23)36-32(40)25-10-6-3-7-11-25/h2-21H,22H2,1H3,(H,35,41)(H,36,40)(H,37,38,39)/b29-20-. The van der Waals surface area contributed by atoms with E-state index in [0.717, 1.165) is 27.5 Å². The number of carbonyl (C=O) groups is 3. The van der Waals surface area contributed by atoms with Crippen LogP contribution >= 0.6 is 23.1 Å². The number of amides is 3. The van der Waals surface area contributed by atoms with Crippen molar-refractivity contribution in [1.82, 2.24) is 10.3 Å². The molecular formula is C34H28N4O4S2. The number of rotatable bonds is 11. The van der Waals surface area contributed by atoms with Gasteiger partial charge in [-0.1, -0.05) is 48.5 Å². The molecule has 5 aromatic rings. The molecule has 0 spiro atoms. The van der Waals surface area contributed by atoms with E-state index < -0.39 is 5.91 Å². The highest BCUT2D eigenvalue weighted by molar-refractivity contribution is 8.00. The third-order valence-corrected chi connectivity index (χ3v) is 8.03. The maximum atomic E-state index is 13.2. The molecule has 0 fully saturated rings. The molecule has 220 valence electrons. The van der Waals surface area contributed by atoms with E-state index in [0.29, 0.717) is 16.4 Å². The Morgan fingerprint density at radius 2 is 1.52 bits per heavy atom. The lowest BCUT2D eigenvalue weighted by atomic mass is 10.1. The van der Waals surface area contributed by atoms with E-state index in [1.165, 1.54) is 23.1 Å². The highest BCUT2D eigenvalue weighted by atomic mass is 32.2. The number of benzene rings is 4. The van der Waals surface area contributed by atoms with Crippen molar-refractivity contribution in [2.45, 2.75) is 4.90 Å². The summed E-state index contributed by atoms with van der Waals surface area (Å²) >= 11 is 2.73. The third kappa shape index (κ3) is 8.43. The van der Waals surface area contributed by atoms with E-state index in [4.69, 9.17) is 4.74 Å². The van der Waals surface area contributed by atoms with Crippen molar-refractivity contribution in [1.29, 1.82) is 0 Å². The molecule has 3 N–H and O–H groups in total. The molecule has 0 saturated heterocycles. The van der Waals surface area contributed by atoms with Gasteiger partial charge in [0.2, 0.25) is 5.91 Å². The number of nitrogens with one attached hydrogen (secondary N) is 3. The van der Waals surface area contributed by atoms with Gasteiger partial charge in [0.05, 0.1) is 18.6 Å². The molecule has 0 saturated carbocycles. The molecular weight excluding hydrogens is 593 g/mol. The summed E-state index contributed by atoms with van der Waals surface area (Å²) in [5.74, 6) is -0.0636. The summed E-state index contributed by atoms with van der Waals surface area (Å²) in [6, 6.07) is 32.7. The van der Waals surface area contributed by atoms with Gasteiger partial charge in [-0.25, -0.2) is 4.98 Å². The fraction of sp³-hybridized carbons (Fsp3) is 0.0588. The van der Waals surface area contributed by atoms with Crippen LogP contribution in [0.4, 0.5) is 10.8 Å². The summed E-state index contributed by atoms with van der Waals surface area (Å²) in [4.78, 5) is 43.9. The van der Waals surface area contributed by atoms with Crippen LogP contribution in [-0.4, -0.2) is 35.6 Å². The van der Waals surface area contributed by atoms with Crippen LogP contribution in [0.15, 0.2) is 125 Å². The van der Waals surface area contributed by atoms with Gasteiger partial charge >= 0.3 is 0 Å².